The zero-order valence-corrected chi connectivity index (χ0v) is 33.7. The third-order valence-corrected chi connectivity index (χ3v) is 12.8. The predicted molar refractivity (Wildman–Crippen MR) is 219 cm³/mol. The summed E-state index contributed by atoms with van der Waals surface area (Å²) in [4.78, 5) is 45.9. The van der Waals surface area contributed by atoms with Crippen molar-refractivity contribution >= 4 is 39.6 Å². The van der Waals surface area contributed by atoms with Gasteiger partial charge in [-0.3, -0.25) is 19.6 Å². The first-order valence-corrected chi connectivity index (χ1v) is 21.2. The van der Waals surface area contributed by atoms with Crippen molar-refractivity contribution in [2.24, 2.45) is 0 Å². The molecule has 4 aliphatic rings. The lowest BCUT2D eigenvalue weighted by Gasteiger charge is -2.41. The quantitative estimate of drug-likeness (QED) is 0.0539. The largest absolute Gasteiger partial charge is 0.508 e. The first kappa shape index (κ1) is 40.5. The van der Waals surface area contributed by atoms with Crippen LogP contribution in [-0.4, -0.2) is 99.1 Å². The van der Waals surface area contributed by atoms with Gasteiger partial charge >= 0.3 is 18.1 Å². The summed E-state index contributed by atoms with van der Waals surface area (Å²) >= 11 is 0. The highest BCUT2D eigenvalue weighted by Crippen LogP contribution is 2.42. The number of esters is 1. The number of phenols is 1. The summed E-state index contributed by atoms with van der Waals surface area (Å²) < 4.78 is 49.2. The molecular weight excluding hydrogens is 759 g/mol. The van der Waals surface area contributed by atoms with Crippen LogP contribution in [0.15, 0.2) is 30.5 Å². The van der Waals surface area contributed by atoms with Gasteiger partial charge in [-0.2, -0.15) is 9.97 Å². The molecule has 8 rings (SSSR count). The second kappa shape index (κ2) is 17.5. The number of hydrogen-bond acceptors (Lipinski definition) is 11. The van der Waals surface area contributed by atoms with E-state index < -0.39 is 24.5 Å². The van der Waals surface area contributed by atoms with Crippen molar-refractivity contribution in [2.75, 3.05) is 44.5 Å². The summed E-state index contributed by atoms with van der Waals surface area (Å²) in [6, 6.07) is 4.98. The van der Waals surface area contributed by atoms with Gasteiger partial charge < -0.3 is 24.2 Å². The number of phenolic OH excluding ortho intramolecular Hbond substituents is 1. The van der Waals surface area contributed by atoms with E-state index in [4.69, 9.17) is 25.6 Å². The molecule has 4 aliphatic heterocycles. The van der Waals surface area contributed by atoms with Crippen molar-refractivity contribution < 1.29 is 37.7 Å². The monoisotopic (exact) mass is 810 g/mol. The average molecular weight is 811 g/mol. The molecule has 0 radical (unpaired) electrons. The van der Waals surface area contributed by atoms with Crippen LogP contribution in [0, 0.1) is 24.0 Å². The Kier molecular flexibility index (Phi) is 12.0. The third kappa shape index (κ3) is 8.18. The normalized spacial score (nSPS) is 19.6. The van der Waals surface area contributed by atoms with Gasteiger partial charge in [0.25, 0.3) is 0 Å². The fraction of sp³-hybridized carbons (Fsp3) is 0.533. The summed E-state index contributed by atoms with van der Waals surface area (Å²) in [6.07, 6.45) is 20.1. The number of hydrogen-bond donors (Lipinski definition) is 1. The molecule has 6 heterocycles. The predicted octanol–water partition coefficient (Wildman–Crippen LogP) is 8.25. The number of piperazine rings is 1. The van der Waals surface area contributed by atoms with Gasteiger partial charge in [0.1, 0.15) is 35.2 Å². The summed E-state index contributed by atoms with van der Waals surface area (Å²) in [5.74, 6) is 0.789. The molecule has 14 heteroatoms. The Balaban J connectivity index is 1.04. The maximum Gasteiger partial charge on any atom is 0.413 e. The maximum absolute atomic E-state index is 17.1. The number of carbonyl (C=O) groups is 2. The fourth-order valence-corrected chi connectivity index (χ4v) is 9.82. The van der Waals surface area contributed by atoms with Crippen LogP contribution in [0.5, 0.6) is 11.8 Å². The van der Waals surface area contributed by atoms with Crippen LogP contribution in [0.2, 0.25) is 0 Å². The number of benzene rings is 2. The van der Waals surface area contributed by atoms with E-state index in [-0.39, 0.29) is 63.1 Å². The van der Waals surface area contributed by atoms with Gasteiger partial charge in [0.2, 0.25) is 6.79 Å². The number of nitrogens with zero attached hydrogens (tertiary/aromatic N) is 6. The Morgan fingerprint density at radius 3 is 2.44 bits per heavy atom. The molecule has 2 atom stereocenters. The number of anilines is 1. The van der Waals surface area contributed by atoms with Gasteiger partial charge in [-0.15, -0.1) is 6.42 Å². The van der Waals surface area contributed by atoms with Gasteiger partial charge in [-0.1, -0.05) is 57.4 Å². The molecule has 0 spiro atoms. The van der Waals surface area contributed by atoms with Crippen LogP contribution in [0.4, 0.5) is 19.4 Å². The number of halogens is 2. The highest BCUT2D eigenvalue weighted by molar-refractivity contribution is 6.03. The Labute approximate surface area is 343 Å². The highest BCUT2D eigenvalue weighted by Gasteiger charge is 2.46. The average Bonchev–Trinajstić information content (AvgIpc) is 3.90. The van der Waals surface area contributed by atoms with Crippen LogP contribution in [-0.2, 0) is 14.3 Å². The van der Waals surface area contributed by atoms with E-state index in [0.29, 0.717) is 55.5 Å². The van der Waals surface area contributed by atoms with Crippen LogP contribution < -0.4 is 9.64 Å². The molecule has 4 saturated heterocycles. The summed E-state index contributed by atoms with van der Waals surface area (Å²) in [5.41, 5.74) is -0.288. The smallest absolute Gasteiger partial charge is 0.413 e. The van der Waals surface area contributed by atoms with E-state index in [2.05, 4.69) is 27.7 Å². The summed E-state index contributed by atoms with van der Waals surface area (Å²) in [7, 11) is 0. The molecule has 59 heavy (non-hydrogen) atoms. The molecule has 2 aromatic heterocycles. The number of aromatic hydroxyl groups is 1. The Morgan fingerprint density at radius 1 is 0.983 bits per heavy atom. The fourth-order valence-electron chi connectivity index (χ4n) is 9.82. The molecule has 312 valence electrons. The molecule has 2 unspecified atom stereocenters. The topological polar surface area (TPSA) is 130 Å². The molecular formula is C45H52F2N6O6. The van der Waals surface area contributed by atoms with Crippen molar-refractivity contribution in [3.8, 4) is 35.4 Å². The van der Waals surface area contributed by atoms with E-state index >= 15 is 4.39 Å². The first-order valence-electron chi connectivity index (χ1n) is 21.2. The first-order chi connectivity index (χ1) is 28.7. The van der Waals surface area contributed by atoms with Gasteiger partial charge in [0, 0.05) is 36.7 Å². The molecule has 2 bridgehead atoms. The number of unbranched alkanes of at least 4 members (excludes halogenated alkanes) is 6. The lowest BCUT2D eigenvalue weighted by Crippen LogP contribution is -2.56. The molecule has 2 aromatic carbocycles. The number of fused-ring (bicyclic) bond motifs is 5. The summed E-state index contributed by atoms with van der Waals surface area (Å²) in [6.45, 7) is 4.85. The molecule has 0 aliphatic carbocycles. The molecule has 0 saturated carbocycles. The highest BCUT2D eigenvalue weighted by atomic mass is 19.1. The lowest BCUT2D eigenvalue weighted by atomic mass is 9.95. The number of ether oxygens (including phenoxy) is 3. The van der Waals surface area contributed by atoms with Crippen molar-refractivity contribution in [1.82, 2.24) is 24.8 Å². The van der Waals surface area contributed by atoms with E-state index in [1.807, 2.05) is 4.90 Å². The van der Waals surface area contributed by atoms with E-state index in [1.165, 1.54) is 56.1 Å². The van der Waals surface area contributed by atoms with Crippen LogP contribution in [0.1, 0.15) is 102 Å². The van der Waals surface area contributed by atoms with Gasteiger partial charge in [0.05, 0.1) is 28.6 Å². The zero-order chi connectivity index (χ0) is 41.1. The standard InChI is InChI=1S/C45H52F2N6O6/c1-3-5-6-7-8-9-10-13-37(55)58-28-59-44(56)53-30-15-16-31(53)26-51(25-30)42-35-24-48-40(34-23-32(54)22-29-14-17-36(46)33(4-2)38(29)34)39(47)41(35)49-43(50-42)57-27-45-18-11-20-52(45)21-12-19-45/h2,14,17,22-24,30-31,54H,3,5-13,15-16,18-21,25-28H2,1H3. The van der Waals surface area contributed by atoms with Crippen molar-refractivity contribution in [1.29, 1.82) is 0 Å². The van der Waals surface area contributed by atoms with Crippen LogP contribution in [0.3, 0.4) is 0 Å². The second-order valence-electron chi connectivity index (χ2n) is 16.5. The minimum Gasteiger partial charge on any atom is -0.508 e. The molecule has 12 nitrogen and oxygen atoms in total. The van der Waals surface area contributed by atoms with Gasteiger partial charge in [0.15, 0.2) is 5.82 Å². The Morgan fingerprint density at radius 2 is 1.71 bits per heavy atom. The van der Waals surface area contributed by atoms with E-state index in [0.717, 1.165) is 58.0 Å². The number of carbonyl (C=O) groups excluding carboxylic acids is 2. The number of aromatic nitrogens is 3. The molecule has 4 aromatic rings. The molecule has 4 fully saturated rings. The Bertz CT molecular complexity index is 2240. The minimum atomic E-state index is -0.802. The lowest BCUT2D eigenvalue weighted by molar-refractivity contribution is -0.152. The second-order valence-corrected chi connectivity index (χ2v) is 16.5. The van der Waals surface area contributed by atoms with E-state index in [9.17, 15) is 19.1 Å². The molecule has 1 N–H and O–H groups in total. The molecule has 1 amide bonds. The van der Waals surface area contributed by atoms with Crippen molar-refractivity contribution in [3.63, 3.8) is 0 Å². The maximum atomic E-state index is 17.1. The minimum absolute atomic E-state index is 0.0142. The van der Waals surface area contributed by atoms with Crippen LogP contribution >= 0.6 is 0 Å². The van der Waals surface area contributed by atoms with E-state index in [1.54, 1.807) is 4.90 Å². The van der Waals surface area contributed by atoms with Gasteiger partial charge in [-0.05, 0) is 81.6 Å². The van der Waals surface area contributed by atoms with Gasteiger partial charge in [-0.25, -0.2) is 13.6 Å². The number of amides is 1. The van der Waals surface area contributed by atoms with Crippen molar-refractivity contribution in [3.05, 3.63) is 47.7 Å². The third-order valence-electron chi connectivity index (χ3n) is 12.8. The number of pyridine rings is 1. The SMILES string of the molecule is C#Cc1c(F)ccc2cc(O)cc(-c3ncc4c(N5CC6CCC(C5)N6C(=O)OCOC(=O)CCCCCCCCC)nc(OCC56CCCN5CCC6)nc4c3F)c12. The van der Waals surface area contributed by atoms with Crippen molar-refractivity contribution in [2.45, 2.75) is 114 Å². The number of terminal acetylenes is 1. The van der Waals surface area contributed by atoms with Crippen LogP contribution in [0.25, 0.3) is 32.9 Å². The zero-order valence-electron chi connectivity index (χ0n) is 33.7. The number of rotatable bonds is 15. The summed E-state index contributed by atoms with van der Waals surface area (Å²) in [5, 5.41) is 11.7. The Hall–Kier alpha value is -5.29.